The van der Waals surface area contributed by atoms with E-state index in [4.69, 9.17) is 42.6 Å². The number of carbonyl (C=O) groups is 3. The molecule has 23 nitrogen and oxygen atoms in total. The Kier molecular flexibility index (Phi) is 23.8. The molecule has 23 heteroatoms. The summed E-state index contributed by atoms with van der Waals surface area (Å²) < 4.78 is 55.7. The van der Waals surface area contributed by atoms with Crippen LogP contribution >= 0.6 is 0 Å². The number of ketones is 3. The number of rotatable bonds is 25. The van der Waals surface area contributed by atoms with E-state index in [1.807, 2.05) is 6.92 Å². The Bertz CT molecular complexity index is 2400. The van der Waals surface area contributed by atoms with E-state index in [0.29, 0.717) is 25.7 Å². The first-order valence-electron chi connectivity index (χ1n) is 33.0. The fourth-order valence-corrected chi connectivity index (χ4v) is 16.2. The van der Waals surface area contributed by atoms with Crippen molar-refractivity contribution in [2.45, 2.75) is 267 Å². The first-order valence-corrected chi connectivity index (χ1v) is 33.0. The van der Waals surface area contributed by atoms with Gasteiger partial charge in [-0.15, -0.1) is 0 Å². The number of ether oxygens (including phenoxy) is 9. The second-order valence-electron chi connectivity index (χ2n) is 30.3. The molecule has 4 aliphatic heterocycles. The Morgan fingerprint density at radius 3 is 1.92 bits per heavy atom. The number of hydrogen-bond donors (Lipinski definition) is 11. The number of carbonyl (C=O) groups excluding carboxylic acids is 3. The van der Waals surface area contributed by atoms with Crippen LogP contribution in [-0.4, -0.2) is 247 Å². The van der Waals surface area contributed by atoms with E-state index < -0.39 is 151 Å². The van der Waals surface area contributed by atoms with Crippen LogP contribution in [0.5, 0.6) is 0 Å². The van der Waals surface area contributed by atoms with Gasteiger partial charge in [0.05, 0.1) is 120 Å². The van der Waals surface area contributed by atoms with Gasteiger partial charge in [0.1, 0.15) is 47.8 Å². The highest BCUT2D eigenvalue weighted by Crippen LogP contribution is 2.58. The second-order valence-corrected chi connectivity index (χ2v) is 30.3. The van der Waals surface area contributed by atoms with Gasteiger partial charge in [-0.1, -0.05) is 53.2 Å². The van der Waals surface area contributed by atoms with Crippen LogP contribution in [0.4, 0.5) is 0 Å². The molecule has 512 valence electrons. The van der Waals surface area contributed by atoms with Crippen LogP contribution in [0.25, 0.3) is 0 Å². The lowest BCUT2D eigenvalue weighted by molar-refractivity contribution is -0.333. The third-order valence-electron chi connectivity index (χ3n) is 22.7. The second kappa shape index (κ2) is 29.1. The summed E-state index contributed by atoms with van der Waals surface area (Å²) in [5.41, 5.74) is -3.61. The van der Waals surface area contributed by atoms with Crippen molar-refractivity contribution >= 4 is 17.3 Å². The maximum atomic E-state index is 13.8. The third kappa shape index (κ3) is 16.1. The van der Waals surface area contributed by atoms with Gasteiger partial charge in [-0.3, -0.25) is 14.4 Å². The number of Topliss-reactive ketones (excluding diaryl/α,β-unsaturated/α-hetero) is 3. The molecule has 0 spiro atoms. The van der Waals surface area contributed by atoms with Gasteiger partial charge in [0.25, 0.3) is 0 Å². The minimum Gasteiger partial charge on any atom is -0.394 e. The summed E-state index contributed by atoms with van der Waals surface area (Å²) in [5, 5.41) is 119. The van der Waals surface area contributed by atoms with E-state index >= 15 is 0 Å². The predicted octanol–water partition coefficient (Wildman–Crippen LogP) is 2.04. The molecule has 4 aliphatic carbocycles. The average molecular weight is 1270 g/mol. The number of allylic oxidation sites excluding steroid dienone is 1. The summed E-state index contributed by atoms with van der Waals surface area (Å²) in [6.45, 7) is 19.2. The van der Waals surface area contributed by atoms with Crippen molar-refractivity contribution in [3.8, 4) is 0 Å². The molecule has 89 heavy (non-hydrogen) atoms. The molecule has 0 aromatic heterocycles. The molecule has 8 aliphatic rings. The summed E-state index contributed by atoms with van der Waals surface area (Å²) in [6.07, 6.45) is -7.66. The Labute approximate surface area is 525 Å². The van der Waals surface area contributed by atoms with Crippen molar-refractivity contribution in [1.82, 2.24) is 0 Å². The fourth-order valence-electron chi connectivity index (χ4n) is 16.2. The number of fused-ring (bicyclic) bond motifs is 3. The third-order valence-corrected chi connectivity index (χ3v) is 22.7. The van der Waals surface area contributed by atoms with Gasteiger partial charge in [-0.25, -0.2) is 0 Å². The van der Waals surface area contributed by atoms with Gasteiger partial charge in [0.15, 0.2) is 23.1 Å². The molecule has 7 fully saturated rings. The molecule has 4 saturated heterocycles. The highest BCUT2D eigenvalue weighted by Gasteiger charge is 2.56. The van der Waals surface area contributed by atoms with E-state index in [-0.39, 0.29) is 131 Å². The number of aliphatic hydroxyl groups excluding tert-OH is 10. The van der Waals surface area contributed by atoms with Gasteiger partial charge in [-0.2, -0.15) is 0 Å². The van der Waals surface area contributed by atoms with Crippen molar-refractivity contribution in [2.75, 3.05) is 59.5 Å². The van der Waals surface area contributed by atoms with E-state index in [1.165, 1.54) is 12.5 Å². The van der Waals surface area contributed by atoms with E-state index in [2.05, 4.69) is 40.7 Å². The Morgan fingerprint density at radius 2 is 1.27 bits per heavy atom. The molecular formula is C66H110O23. The maximum Gasteiger partial charge on any atom is 0.193 e. The number of hydrogen-bond acceptors (Lipinski definition) is 23. The molecular weight excluding hydrogens is 1160 g/mol. The Morgan fingerprint density at radius 1 is 0.652 bits per heavy atom. The Balaban J connectivity index is 0.867. The minimum atomic E-state index is -1.83. The van der Waals surface area contributed by atoms with Crippen LogP contribution in [0.3, 0.4) is 0 Å². The molecule has 3 saturated carbocycles. The zero-order valence-electron chi connectivity index (χ0n) is 54.5. The normalized spacial score (nSPS) is 44.9. The van der Waals surface area contributed by atoms with Crippen molar-refractivity contribution in [3.63, 3.8) is 0 Å². The first kappa shape index (κ1) is 72.8. The molecule has 0 bridgehead atoms. The van der Waals surface area contributed by atoms with Crippen molar-refractivity contribution < 1.29 is 113 Å². The van der Waals surface area contributed by atoms with Gasteiger partial charge >= 0.3 is 0 Å². The fraction of sp³-hybridized carbons (Fsp3) is 0.924. The van der Waals surface area contributed by atoms with Crippen LogP contribution in [0.15, 0.2) is 11.6 Å². The smallest absolute Gasteiger partial charge is 0.193 e. The van der Waals surface area contributed by atoms with Gasteiger partial charge in [-0.05, 0) is 121 Å². The van der Waals surface area contributed by atoms with Crippen LogP contribution < -0.4 is 0 Å². The lowest BCUT2D eigenvalue weighted by atomic mass is 9.51. The van der Waals surface area contributed by atoms with Crippen molar-refractivity contribution in [2.24, 2.45) is 58.2 Å². The molecule has 11 N–H and O–H groups in total. The zero-order valence-corrected chi connectivity index (χ0v) is 54.5. The molecule has 22 unspecified atom stereocenters. The van der Waals surface area contributed by atoms with E-state index in [0.717, 1.165) is 19.3 Å². The van der Waals surface area contributed by atoms with Crippen molar-refractivity contribution in [1.29, 1.82) is 0 Å². The summed E-state index contributed by atoms with van der Waals surface area (Å²) in [5.74, 6) is -2.23. The maximum absolute atomic E-state index is 13.8. The van der Waals surface area contributed by atoms with Crippen LogP contribution in [0, 0.1) is 58.2 Å². The van der Waals surface area contributed by atoms with Crippen LogP contribution in [-0.2, 0) is 57.0 Å². The van der Waals surface area contributed by atoms with Gasteiger partial charge < -0.3 is 98.8 Å². The predicted molar refractivity (Wildman–Crippen MR) is 319 cm³/mol. The highest BCUT2D eigenvalue weighted by molar-refractivity contribution is 5.85. The zero-order chi connectivity index (χ0) is 65.5. The lowest BCUT2D eigenvalue weighted by Crippen LogP contribution is -2.60. The van der Waals surface area contributed by atoms with Crippen molar-refractivity contribution in [3.05, 3.63) is 11.6 Å². The molecule has 0 radical (unpaired) electrons. The summed E-state index contributed by atoms with van der Waals surface area (Å²) in [7, 11) is 0. The molecule has 0 aromatic carbocycles. The lowest BCUT2D eigenvalue weighted by Gasteiger charge is -2.56. The molecule has 4 heterocycles. The van der Waals surface area contributed by atoms with Gasteiger partial charge in [0, 0.05) is 48.9 Å². The molecule has 0 aromatic rings. The summed E-state index contributed by atoms with van der Waals surface area (Å²) in [4.78, 5) is 38.7. The molecule has 0 amide bonds. The molecule has 8 rings (SSSR count). The van der Waals surface area contributed by atoms with E-state index in [1.54, 1.807) is 27.7 Å². The van der Waals surface area contributed by atoms with E-state index in [9.17, 15) is 70.6 Å². The monoisotopic (exact) mass is 1270 g/mol. The molecule has 27 atom stereocenters. The minimum absolute atomic E-state index is 0.0101. The van der Waals surface area contributed by atoms with Gasteiger partial charge in [0.2, 0.25) is 0 Å². The van der Waals surface area contributed by atoms with Crippen LogP contribution in [0.1, 0.15) is 153 Å². The SMILES string of the molecule is CC(C1CC(O)C2C3CCC(OCC4(C)CC(COCC5(C)OC(CO)[C@@H](O)CC5O)[C@@H](O)CC4O)C(C)(C)C3=C[C@@H](C)C2C1)[C@H](C)CCC(OC[C@H]1OC(COCC2(C)OC(CO)C(=O)CC2O)C(=O)CC1OC1(C)OC(CO)C(=O)CC1O)C(C)(C)O. The summed E-state index contributed by atoms with van der Waals surface area (Å²) >= 11 is 0. The summed E-state index contributed by atoms with van der Waals surface area (Å²) in [6, 6.07) is 0. The standard InChI is InChI=1S/C66H110O23/c1-34(12-14-59(62(6,7)80)83-30-53-48(88-66(11)57(79)23-46(74)51(27-69)89-66)19-43(71)52(85-53)29-82-33-65(10)56(78)22-45(73)50(26-68)87-65)36(3)37-17-40-35(2)16-41-39(60(40)47(75)18-37)13-15-58(61(41,4)5)84-31-63(8)24-38(42(70)20-54(63)76)28-81-32-64(9)55(77)21-44(72)49(25-67)86-64/h16,34-40,42,44,47-60,67-70,72,75-80H,12-15,17-33H2,1-11H3/t34-,35-,36?,37?,38?,39?,40?,42+,44+,47?,48?,49?,50?,51?,52?,53-,54?,55?,56?,57?,58?,59?,60?,63?,64?,65?,66?/m1/s1. The highest BCUT2D eigenvalue weighted by atomic mass is 16.7. The van der Waals surface area contributed by atoms with Crippen LogP contribution in [0.2, 0.25) is 0 Å². The Hall–Kier alpha value is -2.05. The quantitative estimate of drug-likeness (QED) is 0.0583. The first-order chi connectivity index (χ1) is 41.6. The largest absolute Gasteiger partial charge is 0.394 e. The average Bonchev–Trinajstić information content (AvgIpc) is 1.05. The topological polar surface area (TPSA) is 357 Å². The number of aliphatic hydroxyl groups is 11.